The van der Waals surface area contributed by atoms with E-state index in [1.807, 2.05) is 27.0 Å². The number of carbonyl (C=O) groups excluding carboxylic acids is 1. The van der Waals surface area contributed by atoms with Crippen molar-refractivity contribution >= 4 is 17.4 Å². The van der Waals surface area contributed by atoms with Gasteiger partial charge in [-0.05, 0) is 31.4 Å². The van der Waals surface area contributed by atoms with Crippen molar-refractivity contribution < 1.29 is 4.79 Å². The molecule has 0 atom stereocenters. The zero-order valence-electron chi connectivity index (χ0n) is 10.7. The molecule has 2 rings (SSSR count). The molecule has 1 N–H and O–H groups in total. The molecule has 2 aromatic heterocycles. The summed E-state index contributed by atoms with van der Waals surface area (Å²) in [4.78, 5) is 14.9. The van der Waals surface area contributed by atoms with Gasteiger partial charge in [-0.1, -0.05) is 0 Å². The summed E-state index contributed by atoms with van der Waals surface area (Å²) in [6.07, 6.45) is 2.14. The number of likely N-dealkylation sites (N-methyl/N-ethyl adjacent to an activating group) is 1. The van der Waals surface area contributed by atoms with Gasteiger partial charge in [-0.25, -0.2) is 4.37 Å². The molecule has 18 heavy (non-hydrogen) atoms. The van der Waals surface area contributed by atoms with E-state index in [-0.39, 0.29) is 5.91 Å². The summed E-state index contributed by atoms with van der Waals surface area (Å²) in [5.74, 6) is 0.0935. The number of carbonyl (C=O) groups is 1. The molecule has 0 saturated heterocycles. The van der Waals surface area contributed by atoms with Gasteiger partial charge >= 0.3 is 0 Å². The third-order valence-electron chi connectivity index (χ3n) is 2.92. The summed E-state index contributed by atoms with van der Waals surface area (Å²) in [7, 11) is 1.81. The van der Waals surface area contributed by atoms with E-state index >= 15 is 0 Å². The largest absolute Gasteiger partial charge is 0.340 e. The number of amides is 1. The number of aryl methyl sites for hydroxylation is 2. The maximum atomic E-state index is 12.1. The maximum Gasteiger partial charge on any atom is 0.227 e. The van der Waals surface area contributed by atoms with Crippen molar-refractivity contribution in [3.63, 3.8) is 0 Å². The van der Waals surface area contributed by atoms with Gasteiger partial charge in [0.2, 0.25) is 5.91 Å². The number of H-pyrrole nitrogens is 1. The minimum absolute atomic E-state index is 0.0935. The average Bonchev–Trinajstić information content (AvgIpc) is 2.94. The molecule has 0 aliphatic heterocycles. The zero-order valence-corrected chi connectivity index (χ0v) is 11.5. The highest BCUT2D eigenvalue weighted by molar-refractivity contribution is 7.05. The van der Waals surface area contributed by atoms with Crippen LogP contribution in [0.15, 0.2) is 12.3 Å². The maximum absolute atomic E-state index is 12.1. The van der Waals surface area contributed by atoms with Gasteiger partial charge in [0, 0.05) is 29.4 Å². The minimum Gasteiger partial charge on any atom is -0.340 e. The van der Waals surface area contributed by atoms with Crippen LogP contribution in [-0.2, 0) is 17.8 Å². The molecule has 0 saturated carbocycles. The molecule has 0 bridgehead atoms. The molecular formula is C12H16N4OS. The Balaban J connectivity index is 2.00. The number of aromatic nitrogens is 3. The second-order valence-corrected chi connectivity index (χ2v) is 5.24. The fourth-order valence-electron chi connectivity index (χ4n) is 1.77. The Morgan fingerprint density at radius 1 is 1.50 bits per heavy atom. The van der Waals surface area contributed by atoms with E-state index in [0.29, 0.717) is 13.0 Å². The van der Waals surface area contributed by atoms with E-state index in [4.69, 9.17) is 0 Å². The summed E-state index contributed by atoms with van der Waals surface area (Å²) in [5, 5.41) is 7.00. The topological polar surface area (TPSA) is 61.9 Å². The summed E-state index contributed by atoms with van der Waals surface area (Å²) < 4.78 is 4.03. The van der Waals surface area contributed by atoms with Crippen LogP contribution in [0.1, 0.15) is 21.8 Å². The second-order valence-electron chi connectivity index (χ2n) is 4.32. The Morgan fingerprint density at radius 3 is 2.83 bits per heavy atom. The van der Waals surface area contributed by atoms with Gasteiger partial charge in [-0.2, -0.15) is 5.10 Å². The monoisotopic (exact) mass is 264 g/mol. The number of hydrogen-bond acceptors (Lipinski definition) is 4. The normalized spacial score (nSPS) is 10.6. The van der Waals surface area contributed by atoms with Crippen LogP contribution >= 0.6 is 11.5 Å². The molecule has 0 fully saturated rings. The lowest BCUT2D eigenvalue weighted by Gasteiger charge is -2.16. The second kappa shape index (κ2) is 5.30. The lowest BCUT2D eigenvalue weighted by molar-refractivity contribution is -0.129. The van der Waals surface area contributed by atoms with Crippen molar-refractivity contribution in [2.45, 2.75) is 26.8 Å². The van der Waals surface area contributed by atoms with Gasteiger partial charge in [-0.3, -0.25) is 9.89 Å². The van der Waals surface area contributed by atoms with Gasteiger partial charge in [0.05, 0.1) is 18.7 Å². The first kappa shape index (κ1) is 12.8. The van der Waals surface area contributed by atoms with Crippen LogP contribution in [0.4, 0.5) is 0 Å². The van der Waals surface area contributed by atoms with Crippen molar-refractivity contribution in [1.82, 2.24) is 19.5 Å². The molecule has 0 spiro atoms. The lowest BCUT2D eigenvalue weighted by Crippen LogP contribution is -2.27. The first-order chi connectivity index (χ1) is 8.58. The molecule has 0 unspecified atom stereocenters. The molecule has 1 amide bonds. The number of hydrogen-bond donors (Lipinski definition) is 1. The van der Waals surface area contributed by atoms with Gasteiger partial charge in [-0.15, -0.1) is 0 Å². The van der Waals surface area contributed by atoms with Crippen LogP contribution in [0.25, 0.3) is 0 Å². The van der Waals surface area contributed by atoms with Crippen LogP contribution in [0.2, 0.25) is 0 Å². The Morgan fingerprint density at radius 2 is 2.28 bits per heavy atom. The Bertz CT molecular complexity index is 513. The van der Waals surface area contributed by atoms with Crippen LogP contribution in [0.3, 0.4) is 0 Å². The Labute approximate surface area is 110 Å². The summed E-state index contributed by atoms with van der Waals surface area (Å²) in [6.45, 7) is 4.46. The molecule has 0 radical (unpaired) electrons. The lowest BCUT2D eigenvalue weighted by atomic mass is 10.1. The number of nitrogens with one attached hydrogen (secondary N) is 1. The van der Waals surface area contributed by atoms with E-state index < -0.39 is 0 Å². The van der Waals surface area contributed by atoms with Crippen molar-refractivity contribution in [2.24, 2.45) is 0 Å². The van der Waals surface area contributed by atoms with Crippen molar-refractivity contribution in [2.75, 3.05) is 7.05 Å². The summed E-state index contributed by atoms with van der Waals surface area (Å²) >= 11 is 1.42. The predicted molar refractivity (Wildman–Crippen MR) is 70.4 cm³/mol. The molecule has 2 aromatic rings. The van der Waals surface area contributed by atoms with Crippen LogP contribution in [-0.4, -0.2) is 32.4 Å². The van der Waals surface area contributed by atoms with E-state index in [9.17, 15) is 4.79 Å². The standard InChI is InChI=1S/C12H16N4OS/c1-8-11(9(2)15-14-8)6-12(17)16(3)7-10-4-5-13-18-10/h4-5H,6-7H2,1-3H3,(H,14,15). The minimum atomic E-state index is 0.0935. The third kappa shape index (κ3) is 2.76. The van der Waals surface area contributed by atoms with Crippen molar-refractivity contribution in [1.29, 1.82) is 0 Å². The highest BCUT2D eigenvalue weighted by Gasteiger charge is 2.15. The Kier molecular flexibility index (Phi) is 3.76. The molecule has 6 heteroatoms. The fourth-order valence-corrected chi connectivity index (χ4v) is 2.40. The van der Waals surface area contributed by atoms with E-state index in [0.717, 1.165) is 21.8 Å². The summed E-state index contributed by atoms with van der Waals surface area (Å²) in [5.41, 5.74) is 2.86. The molecule has 0 aromatic carbocycles. The van der Waals surface area contributed by atoms with E-state index in [2.05, 4.69) is 14.6 Å². The highest BCUT2D eigenvalue weighted by atomic mass is 32.1. The molecule has 96 valence electrons. The van der Waals surface area contributed by atoms with E-state index in [1.54, 1.807) is 11.1 Å². The van der Waals surface area contributed by atoms with Gasteiger partial charge < -0.3 is 4.90 Å². The highest BCUT2D eigenvalue weighted by Crippen LogP contribution is 2.13. The number of nitrogens with zero attached hydrogens (tertiary/aromatic N) is 3. The molecule has 0 aliphatic rings. The zero-order chi connectivity index (χ0) is 13.1. The van der Waals surface area contributed by atoms with Crippen molar-refractivity contribution in [3.05, 3.63) is 34.1 Å². The van der Waals surface area contributed by atoms with Gasteiger partial charge in [0.15, 0.2) is 0 Å². The molecule has 0 aliphatic carbocycles. The van der Waals surface area contributed by atoms with Crippen molar-refractivity contribution in [3.8, 4) is 0 Å². The van der Waals surface area contributed by atoms with Crippen LogP contribution < -0.4 is 0 Å². The molecule has 2 heterocycles. The smallest absolute Gasteiger partial charge is 0.227 e. The van der Waals surface area contributed by atoms with E-state index in [1.165, 1.54) is 11.5 Å². The first-order valence-electron chi connectivity index (χ1n) is 5.72. The fraction of sp³-hybridized carbons (Fsp3) is 0.417. The summed E-state index contributed by atoms with van der Waals surface area (Å²) in [6, 6.07) is 1.93. The Hall–Kier alpha value is -1.69. The SMILES string of the molecule is Cc1n[nH]c(C)c1CC(=O)N(C)Cc1ccns1. The van der Waals surface area contributed by atoms with Gasteiger partial charge in [0.25, 0.3) is 0 Å². The number of aromatic amines is 1. The predicted octanol–water partition coefficient (Wildman–Crippen LogP) is 1.68. The first-order valence-corrected chi connectivity index (χ1v) is 6.49. The average molecular weight is 264 g/mol. The van der Waals surface area contributed by atoms with Crippen LogP contribution in [0, 0.1) is 13.8 Å². The van der Waals surface area contributed by atoms with Crippen LogP contribution in [0.5, 0.6) is 0 Å². The quantitative estimate of drug-likeness (QED) is 0.914. The number of rotatable bonds is 4. The van der Waals surface area contributed by atoms with Gasteiger partial charge in [0.1, 0.15) is 0 Å². The third-order valence-corrected chi connectivity index (χ3v) is 3.65. The molecular weight excluding hydrogens is 248 g/mol. The molecule has 5 nitrogen and oxygen atoms in total.